The third-order valence-corrected chi connectivity index (χ3v) is 3.19. The third kappa shape index (κ3) is 2.62. The lowest BCUT2D eigenvalue weighted by molar-refractivity contribution is 0.416. The standard InChI is InChI=1S/C15H17FN2O/c1-9-5-4-6-13(10(9)2)18-14-8-15(19-3)12(17)7-11(14)16/h4-8,18H,17H2,1-3H3. The van der Waals surface area contributed by atoms with E-state index in [4.69, 9.17) is 10.5 Å². The maximum atomic E-state index is 13.9. The van der Waals surface area contributed by atoms with Crippen LogP contribution in [0.2, 0.25) is 0 Å². The zero-order chi connectivity index (χ0) is 14.0. The van der Waals surface area contributed by atoms with Crippen LogP contribution in [0.1, 0.15) is 11.1 Å². The lowest BCUT2D eigenvalue weighted by atomic mass is 10.1. The fraction of sp³-hybridized carbons (Fsp3) is 0.200. The molecule has 0 atom stereocenters. The first-order valence-corrected chi connectivity index (χ1v) is 5.99. The molecule has 4 heteroatoms. The molecule has 3 nitrogen and oxygen atoms in total. The number of hydrogen-bond donors (Lipinski definition) is 2. The van der Waals surface area contributed by atoms with E-state index in [1.54, 1.807) is 6.07 Å². The van der Waals surface area contributed by atoms with Crippen LogP contribution in [0.5, 0.6) is 5.75 Å². The number of rotatable bonds is 3. The molecule has 0 saturated heterocycles. The molecule has 0 heterocycles. The normalized spacial score (nSPS) is 10.3. The summed E-state index contributed by atoms with van der Waals surface area (Å²) in [5.74, 6) is 0.0495. The van der Waals surface area contributed by atoms with Crippen molar-refractivity contribution in [2.75, 3.05) is 18.2 Å². The van der Waals surface area contributed by atoms with E-state index >= 15 is 0 Å². The highest BCUT2D eigenvalue weighted by molar-refractivity contribution is 5.69. The van der Waals surface area contributed by atoms with Crippen molar-refractivity contribution in [1.29, 1.82) is 0 Å². The summed E-state index contributed by atoms with van der Waals surface area (Å²) in [7, 11) is 1.51. The highest BCUT2D eigenvalue weighted by Gasteiger charge is 2.10. The van der Waals surface area contributed by atoms with Crippen molar-refractivity contribution in [3.05, 3.63) is 47.3 Å². The van der Waals surface area contributed by atoms with Gasteiger partial charge in [-0.25, -0.2) is 4.39 Å². The Morgan fingerprint density at radius 3 is 2.58 bits per heavy atom. The largest absolute Gasteiger partial charge is 0.495 e. The zero-order valence-corrected chi connectivity index (χ0v) is 11.3. The van der Waals surface area contributed by atoms with Crippen molar-refractivity contribution >= 4 is 17.1 Å². The molecule has 19 heavy (non-hydrogen) atoms. The molecule has 2 rings (SSSR count). The van der Waals surface area contributed by atoms with E-state index in [1.165, 1.54) is 13.2 Å². The Morgan fingerprint density at radius 2 is 1.89 bits per heavy atom. The monoisotopic (exact) mass is 260 g/mol. The van der Waals surface area contributed by atoms with Crippen molar-refractivity contribution in [2.24, 2.45) is 0 Å². The maximum Gasteiger partial charge on any atom is 0.148 e. The fourth-order valence-electron chi connectivity index (χ4n) is 1.87. The predicted octanol–water partition coefficient (Wildman–Crippen LogP) is 3.78. The van der Waals surface area contributed by atoms with Crippen LogP contribution >= 0.6 is 0 Å². The summed E-state index contributed by atoms with van der Waals surface area (Å²) in [6, 6.07) is 8.67. The van der Waals surface area contributed by atoms with Gasteiger partial charge >= 0.3 is 0 Å². The zero-order valence-electron chi connectivity index (χ0n) is 11.3. The quantitative estimate of drug-likeness (QED) is 0.826. The molecule has 0 aliphatic heterocycles. The molecule has 0 spiro atoms. The Bertz CT molecular complexity index is 611. The van der Waals surface area contributed by atoms with Gasteiger partial charge in [0.15, 0.2) is 0 Å². The summed E-state index contributed by atoms with van der Waals surface area (Å²) in [5.41, 5.74) is 9.38. The van der Waals surface area contributed by atoms with Gasteiger partial charge in [0.25, 0.3) is 0 Å². The van der Waals surface area contributed by atoms with E-state index in [-0.39, 0.29) is 5.69 Å². The van der Waals surface area contributed by atoms with Crippen LogP contribution in [0.4, 0.5) is 21.5 Å². The molecular formula is C15H17FN2O. The number of hydrogen-bond acceptors (Lipinski definition) is 3. The lowest BCUT2D eigenvalue weighted by Gasteiger charge is -2.14. The van der Waals surface area contributed by atoms with Crippen molar-refractivity contribution in [3.63, 3.8) is 0 Å². The fourth-order valence-corrected chi connectivity index (χ4v) is 1.87. The van der Waals surface area contributed by atoms with Crippen LogP contribution in [-0.4, -0.2) is 7.11 Å². The number of halogens is 1. The van der Waals surface area contributed by atoms with E-state index < -0.39 is 5.82 Å². The third-order valence-electron chi connectivity index (χ3n) is 3.19. The number of anilines is 3. The van der Waals surface area contributed by atoms with Gasteiger partial charge < -0.3 is 15.8 Å². The number of nitrogens with two attached hydrogens (primary N) is 1. The van der Waals surface area contributed by atoms with Crippen LogP contribution < -0.4 is 15.8 Å². The van der Waals surface area contributed by atoms with E-state index in [0.717, 1.165) is 16.8 Å². The SMILES string of the molecule is COc1cc(Nc2cccc(C)c2C)c(F)cc1N. The smallest absolute Gasteiger partial charge is 0.148 e. The van der Waals surface area contributed by atoms with Crippen LogP contribution in [-0.2, 0) is 0 Å². The van der Waals surface area contributed by atoms with E-state index in [0.29, 0.717) is 11.4 Å². The first-order valence-electron chi connectivity index (χ1n) is 5.99. The van der Waals surface area contributed by atoms with Gasteiger partial charge in [-0.15, -0.1) is 0 Å². The van der Waals surface area contributed by atoms with Crippen molar-refractivity contribution in [1.82, 2.24) is 0 Å². The number of nitrogen functional groups attached to an aromatic ring is 1. The van der Waals surface area contributed by atoms with Gasteiger partial charge in [-0.2, -0.15) is 0 Å². The molecule has 0 amide bonds. The molecule has 2 aromatic rings. The molecule has 3 N–H and O–H groups in total. The van der Waals surface area contributed by atoms with Crippen LogP contribution in [0, 0.1) is 19.7 Å². The number of methoxy groups -OCH3 is 1. The number of aryl methyl sites for hydroxylation is 1. The summed E-state index contributed by atoms with van der Waals surface area (Å²) in [5, 5.41) is 3.07. The second-order valence-corrected chi connectivity index (χ2v) is 4.45. The molecular weight excluding hydrogens is 243 g/mol. The molecule has 0 aromatic heterocycles. The molecule has 0 unspecified atom stereocenters. The van der Waals surface area contributed by atoms with Crippen LogP contribution in [0.25, 0.3) is 0 Å². The molecule has 0 fully saturated rings. The van der Waals surface area contributed by atoms with Crippen molar-refractivity contribution in [3.8, 4) is 5.75 Å². The summed E-state index contributed by atoms with van der Waals surface area (Å²) in [6.07, 6.45) is 0. The van der Waals surface area contributed by atoms with Gasteiger partial charge in [-0.3, -0.25) is 0 Å². The Morgan fingerprint density at radius 1 is 1.16 bits per heavy atom. The second kappa shape index (κ2) is 5.18. The number of benzene rings is 2. The summed E-state index contributed by atoms with van der Waals surface area (Å²) >= 11 is 0. The van der Waals surface area contributed by atoms with Crippen LogP contribution in [0.15, 0.2) is 30.3 Å². The van der Waals surface area contributed by atoms with Gasteiger partial charge in [-0.05, 0) is 31.0 Å². The Hall–Kier alpha value is -2.23. The summed E-state index contributed by atoms with van der Waals surface area (Å²) in [6.45, 7) is 4.00. The highest BCUT2D eigenvalue weighted by atomic mass is 19.1. The molecule has 0 radical (unpaired) electrons. The summed E-state index contributed by atoms with van der Waals surface area (Å²) < 4.78 is 19.0. The summed E-state index contributed by atoms with van der Waals surface area (Å²) in [4.78, 5) is 0. The second-order valence-electron chi connectivity index (χ2n) is 4.45. The minimum atomic E-state index is -0.404. The molecule has 0 bridgehead atoms. The first-order chi connectivity index (χ1) is 9.02. The molecule has 0 aliphatic rings. The molecule has 0 aliphatic carbocycles. The Balaban J connectivity index is 2.41. The van der Waals surface area contributed by atoms with Crippen LogP contribution in [0.3, 0.4) is 0 Å². The van der Waals surface area contributed by atoms with E-state index in [1.807, 2.05) is 32.0 Å². The Kier molecular flexibility index (Phi) is 3.60. The van der Waals surface area contributed by atoms with Gasteiger partial charge in [0, 0.05) is 17.8 Å². The van der Waals surface area contributed by atoms with Gasteiger partial charge in [0.05, 0.1) is 18.5 Å². The Labute approximate surface area is 112 Å². The average Bonchev–Trinajstić information content (AvgIpc) is 2.38. The van der Waals surface area contributed by atoms with Crippen molar-refractivity contribution < 1.29 is 9.13 Å². The average molecular weight is 260 g/mol. The molecule has 2 aromatic carbocycles. The minimum absolute atomic E-state index is 0.284. The predicted molar refractivity (Wildman–Crippen MR) is 76.6 cm³/mol. The molecule has 0 saturated carbocycles. The van der Waals surface area contributed by atoms with Gasteiger partial charge in [-0.1, -0.05) is 12.1 Å². The van der Waals surface area contributed by atoms with E-state index in [9.17, 15) is 4.39 Å². The molecule has 100 valence electrons. The highest BCUT2D eigenvalue weighted by Crippen LogP contribution is 2.31. The van der Waals surface area contributed by atoms with Gasteiger partial charge in [0.2, 0.25) is 0 Å². The topological polar surface area (TPSA) is 47.3 Å². The van der Waals surface area contributed by atoms with Gasteiger partial charge in [0.1, 0.15) is 11.6 Å². The number of nitrogens with one attached hydrogen (secondary N) is 1. The minimum Gasteiger partial charge on any atom is -0.495 e. The lowest BCUT2D eigenvalue weighted by Crippen LogP contribution is -2.00. The van der Waals surface area contributed by atoms with E-state index in [2.05, 4.69) is 5.32 Å². The maximum absolute atomic E-state index is 13.9. The van der Waals surface area contributed by atoms with Crippen molar-refractivity contribution in [2.45, 2.75) is 13.8 Å². The first kappa shape index (κ1) is 13.2. The number of ether oxygens (including phenoxy) is 1.